The zero-order valence-corrected chi connectivity index (χ0v) is 27.3. The Morgan fingerprint density at radius 1 is 0.388 bits per heavy atom. The molecule has 0 aliphatic rings. The molecule has 0 N–H and O–H groups in total. The van der Waals surface area contributed by atoms with Crippen LogP contribution in [0.15, 0.2) is 180 Å². The van der Waals surface area contributed by atoms with E-state index in [0.717, 1.165) is 44.6 Å². The zero-order chi connectivity index (χ0) is 32.3. The Morgan fingerprint density at radius 2 is 1.08 bits per heavy atom. The number of para-hydroxylation sites is 2. The van der Waals surface area contributed by atoms with E-state index in [4.69, 9.17) is 4.42 Å². The molecule has 2 aromatic heterocycles. The summed E-state index contributed by atoms with van der Waals surface area (Å²) in [6.07, 6.45) is 0. The third-order valence-corrected chi connectivity index (χ3v) is 10.8. The molecule has 0 bridgehead atoms. The van der Waals surface area contributed by atoms with Gasteiger partial charge in [0.05, 0.1) is 5.69 Å². The lowest BCUT2D eigenvalue weighted by atomic mass is 9.98. The Morgan fingerprint density at radius 3 is 2.04 bits per heavy atom. The maximum absolute atomic E-state index is 6.41. The molecule has 0 aliphatic heterocycles. The molecule has 230 valence electrons. The monoisotopic (exact) mass is 643 g/mol. The van der Waals surface area contributed by atoms with Crippen molar-refractivity contribution in [2.75, 3.05) is 4.90 Å². The first-order valence-corrected chi connectivity index (χ1v) is 17.4. The van der Waals surface area contributed by atoms with Gasteiger partial charge in [-0.1, -0.05) is 115 Å². The van der Waals surface area contributed by atoms with Gasteiger partial charge in [0.25, 0.3) is 0 Å². The van der Waals surface area contributed by atoms with Crippen LogP contribution in [-0.4, -0.2) is 0 Å². The van der Waals surface area contributed by atoms with E-state index in [9.17, 15) is 0 Å². The van der Waals surface area contributed by atoms with Crippen molar-refractivity contribution in [3.63, 3.8) is 0 Å². The van der Waals surface area contributed by atoms with E-state index in [1.54, 1.807) is 0 Å². The zero-order valence-electron chi connectivity index (χ0n) is 26.5. The first-order valence-electron chi connectivity index (χ1n) is 16.6. The third-order valence-electron chi connectivity index (χ3n) is 9.64. The van der Waals surface area contributed by atoms with Crippen molar-refractivity contribution in [3.05, 3.63) is 176 Å². The molecule has 0 amide bonds. The van der Waals surface area contributed by atoms with Gasteiger partial charge in [-0.25, -0.2) is 0 Å². The molecule has 0 saturated heterocycles. The van der Waals surface area contributed by atoms with Gasteiger partial charge in [-0.15, -0.1) is 11.3 Å². The molecule has 0 spiro atoms. The second-order valence-corrected chi connectivity index (χ2v) is 13.6. The van der Waals surface area contributed by atoms with Crippen LogP contribution in [0.2, 0.25) is 0 Å². The van der Waals surface area contributed by atoms with Crippen molar-refractivity contribution < 1.29 is 4.42 Å². The Bertz CT molecular complexity index is 2860. The Labute approximate surface area is 287 Å². The fourth-order valence-corrected chi connectivity index (χ4v) is 8.43. The van der Waals surface area contributed by atoms with Crippen LogP contribution in [-0.2, 0) is 0 Å². The summed E-state index contributed by atoms with van der Waals surface area (Å²) in [5.74, 6) is 0. The lowest BCUT2D eigenvalue weighted by Crippen LogP contribution is -2.11. The summed E-state index contributed by atoms with van der Waals surface area (Å²) in [4.78, 5) is 2.37. The maximum atomic E-state index is 6.41. The number of rotatable bonds is 5. The van der Waals surface area contributed by atoms with Gasteiger partial charge in [0.15, 0.2) is 0 Å². The number of benzene rings is 8. The number of hydrogen-bond donors (Lipinski definition) is 0. The van der Waals surface area contributed by atoms with Crippen LogP contribution in [0.4, 0.5) is 17.1 Å². The minimum absolute atomic E-state index is 0.873. The topological polar surface area (TPSA) is 16.4 Å². The highest BCUT2D eigenvalue weighted by Gasteiger charge is 2.20. The highest BCUT2D eigenvalue weighted by Crippen LogP contribution is 2.44. The molecule has 0 aliphatic carbocycles. The molecule has 0 radical (unpaired) electrons. The van der Waals surface area contributed by atoms with E-state index in [1.807, 2.05) is 23.5 Å². The summed E-state index contributed by atoms with van der Waals surface area (Å²) < 4.78 is 9.04. The van der Waals surface area contributed by atoms with Crippen LogP contribution >= 0.6 is 11.3 Å². The van der Waals surface area contributed by atoms with E-state index in [1.165, 1.54) is 47.6 Å². The second-order valence-electron chi connectivity index (χ2n) is 12.6. The predicted molar refractivity (Wildman–Crippen MR) is 210 cm³/mol. The van der Waals surface area contributed by atoms with Crippen molar-refractivity contribution in [2.45, 2.75) is 0 Å². The third kappa shape index (κ3) is 4.70. The summed E-state index contributed by atoms with van der Waals surface area (Å²) in [6, 6.07) is 63.3. The van der Waals surface area contributed by atoms with E-state index in [2.05, 4.69) is 169 Å². The highest BCUT2D eigenvalue weighted by molar-refractivity contribution is 7.25. The van der Waals surface area contributed by atoms with Crippen LogP contribution in [0.25, 0.3) is 75.1 Å². The lowest BCUT2D eigenvalue weighted by molar-refractivity contribution is 0.669. The summed E-state index contributed by atoms with van der Waals surface area (Å²) in [5.41, 5.74) is 9.71. The van der Waals surface area contributed by atoms with Gasteiger partial charge in [-0.05, 0) is 82.1 Å². The highest BCUT2D eigenvalue weighted by atomic mass is 32.1. The average Bonchev–Trinajstić information content (AvgIpc) is 3.73. The Hall–Kier alpha value is -6.16. The average molecular weight is 644 g/mol. The molecule has 0 saturated carbocycles. The number of anilines is 3. The standard InChI is InChI=1S/C46H29NOS/c1-2-11-31-26-34(21-20-30(31)10-1)37-14-3-6-17-42(37)47(36-23-25-39-38-15-4-7-18-43(38)48-44(39)29-36)35-13-9-12-32(27-35)33-22-24-41-40-16-5-8-19-45(40)49-46(41)28-33/h1-29H. The van der Waals surface area contributed by atoms with Crippen molar-refractivity contribution in [2.24, 2.45) is 0 Å². The van der Waals surface area contributed by atoms with Crippen molar-refractivity contribution >= 4 is 81.3 Å². The van der Waals surface area contributed by atoms with Gasteiger partial charge in [0, 0.05) is 53.9 Å². The summed E-state index contributed by atoms with van der Waals surface area (Å²) >= 11 is 1.86. The maximum Gasteiger partial charge on any atom is 0.137 e. The molecule has 0 unspecified atom stereocenters. The predicted octanol–water partition coefficient (Wildman–Crippen LogP) is 13.9. The van der Waals surface area contributed by atoms with E-state index >= 15 is 0 Å². The summed E-state index contributed by atoms with van der Waals surface area (Å²) in [5, 5.41) is 7.34. The van der Waals surface area contributed by atoms with Gasteiger partial charge in [0.1, 0.15) is 11.2 Å². The minimum Gasteiger partial charge on any atom is -0.456 e. The molecular weight excluding hydrogens is 615 g/mol. The van der Waals surface area contributed by atoms with Crippen molar-refractivity contribution in [1.82, 2.24) is 0 Å². The number of thiophene rings is 1. The number of nitrogens with zero attached hydrogens (tertiary/aromatic N) is 1. The van der Waals surface area contributed by atoms with Crippen LogP contribution < -0.4 is 4.90 Å². The van der Waals surface area contributed by atoms with Gasteiger partial charge >= 0.3 is 0 Å². The number of hydrogen-bond acceptors (Lipinski definition) is 3. The molecule has 2 nitrogen and oxygen atoms in total. The Balaban J connectivity index is 1.17. The molecular formula is C46H29NOS. The van der Waals surface area contributed by atoms with Gasteiger partial charge < -0.3 is 9.32 Å². The fraction of sp³-hybridized carbons (Fsp3) is 0. The smallest absolute Gasteiger partial charge is 0.137 e. The number of furan rings is 1. The SMILES string of the molecule is c1cc(-c2ccc3c(c2)sc2ccccc23)cc(N(c2ccc3c(c2)oc2ccccc23)c2ccccc2-c2ccc3ccccc3c2)c1. The molecule has 2 heterocycles. The van der Waals surface area contributed by atoms with Crippen molar-refractivity contribution in [1.29, 1.82) is 0 Å². The second kappa shape index (κ2) is 11.2. The van der Waals surface area contributed by atoms with Crippen LogP contribution in [0.3, 0.4) is 0 Å². The van der Waals surface area contributed by atoms with E-state index in [0.29, 0.717) is 0 Å². The molecule has 3 heteroatoms. The quantitative estimate of drug-likeness (QED) is 0.186. The fourth-order valence-electron chi connectivity index (χ4n) is 7.28. The molecule has 10 aromatic rings. The summed E-state index contributed by atoms with van der Waals surface area (Å²) in [7, 11) is 0. The molecule has 10 rings (SSSR count). The van der Waals surface area contributed by atoms with E-state index in [-0.39, 0.29) is 0 Å². The minimum atomic E-state index is 0.873. The van der Waals surface area contributed by atoms with Gasteiger partial charge in [-0.3, -0.25) is 0 Å². The largest absolute Gasteiger partial charge is 0.456 e. The molecule has 0 atom stereocenters. The molecule has 49 heavy (non-hydrogen) atoms. The van der Waals surface area contributed by atoms with Crippen LogP contribution in [0.1, 0.15) is 0 Å². The normalized spacial score (nSPS) is 11.7. The first kappa shape index (κ1) is 27.9. The molecule has 0 fully saturated rings. The van der Waals surface area contributed by atoms with Gasteiger partial charge in [0.2, 0.25) is 0 Å². The summed E-state index contributed by atoms with van der Waals surface area (Å²) in [6.45, 7) is 0. The lowest BCUT2D eigenvalue weighted by Gasteiger charge is -2.28. The van der Waals surface area contributed by atoms with Crippen LogP contribution in [0.5, 0.6) is 0 Å². The first-order chi connectivity index (χ1) is 24.3. The van der Waals surface area contributed by atoms with Crippen LogP contribution in [0, 0.1) is 0 Å². The van der Waals surface area contributed by atoms with Gasteiger partial charge in [-0.2, -0.15) is 0 Å². The molecule has 8 aromatic carbocycles. The Kier molecular flexibility index (Phi) is 6.39. The number of fused-ring (bicyclic) bond motifs is 7. The van der Waals surface area contributed by atoms with Crippen molar-refractivity contribution in [3.8, 4) is 22.3 Å². The van der Waals surface area contributed by atoms with E-state index < -0.39 is 0 Å².